The second-order valence-electron chi connectivity index (χ2n) is 5.22. The lowest BCUT2D eigenvalue weighted by Crippen LogP contribution is -2.36. The highest BCUT2D eigenvalue weighted by atomic mass is 79.9. The van der Waals surface area contributed by atoms with E-state index in [4.69, 9.17) is 0 Å². The number of hydrogen-bond donors (Lipinski definition) is 2. The van der Waals surface area contributed by atoms with Crippen molar-refractivity contribution >= 4 is 27.6 Å². The fourth-order valence-electron chi connectivity index (χ4n) is 1.88. The number of likely N-dealkylation sites (N-methyl/N-ethyl adjacent to an activating group) is 1. The van der Waals surface area contributed by atoms with Crippen LogP contribution in [0.15, 0.2) is 22.7 Å². The number of carbonyl (C=O) groups is 1. The van der Waals surface area contributed by atoms with Crippen LogP contribution in [0.1, 0.15) is 24.2 Å². The molecule has 4 nitrogen and oxygen atoms in total. The topological polar surface area (TPSA) is 52.6 Å². The van der Waals surface area contributed by atoms with Crippen LogP contribution >= 0.6 is 15.9 Å². The summed E-state index contributed by atoms with van der Waals surface area (Å²) in [6, 6.07) is 5.58. The van der Waals surface area contributed by atoms with Crippen molar-refractivity contribution in [2.24, 2.45) is 5.92 Å². The van der Waals surface area contributed by atoms with Crippen LogP contribution < -0.4 is 5.32 Å². The van der Waals surface area contributed by atoms with Crippen LogP contribution in [0.5, 0.6) is 0 Å². The summed E-state index contributed by atoms with van der Waals surface area (Å²) >= 11 is 3.29. The Kier molecular flexibility index (Phi) is 5.82. The van der Waals surface area contributed by atoms with Crippen LogP contribution in [0.3, 0.4) is 0 Å². The Morgan fingerprint density at radius 2 is 2.05 bits per heavy atom. The van der Waals surface area contributed by atoms with Gasteiger partial charge in [-0.3, -0.25) is 0 Å². The Hall–Kier alpha value is -1.07. The summed E-state index contributed by atoms with van der Waals surface area (Å²) in [4.78, 5) is 13.4. The van der Waals surface area contributed by atoms with Gasteiger partial charge in [0.1, 0.15) is 0 Å². The van der Waals surface area contributed by atoms with Crippen molar-refractivity contribution in [3.05, 3.63) is 28.2 Å². The second-order valence-corrected chi connectivity index (χ2v) is 6.08. The minimum atomic E-state index is -0.928. The van der Waals surface area contributed by atoms with Crippen LogP contribution in [0, 0.1) is 5.92 Å². The van der Waals surface area contributed by atoms with Crippen LogP contribution in [-0.2, 0) is 0 Å². The number of anilines is 1. The largest absolute Gasteiger partial charge is 0.478 e. The van der Waals surface area contributed by atoms with Crippen molar-refractivity contribution in [3.63, 3.8) is 0 Å². The SMILES string of the molecule is CC(C)C(CN(C)C)Nc1cccc(Br)c1C(=O)O. The van der Waals surface area contributed by atoms with Crippen molar-refractivity contribution in [2.75, 3.05) is 26.0 Å². The standard InChI is InChI=1S/C14H21BrN2O2/c1-9(2)12(8-17(3)4)16-11-7-5-6-10(15)13(11)14(18)19/h5-7,9,12,16H,8H2,1-4H3,(H,18,19). The summed E-state index contributed by atoms with van der Waals surface area (Å²) in [6.45, 7) is 5.10. The van der Waals surface area contributed by atoms with Gasteiger partial charge in [0, 0.05) is 17.1 Å². The second kappa shape index (κ2) is 6.91. The molecular weight excluding hydrogens is 308 g/mol. The van der Waals surface area contributed by atoms with E-state index in [1.54, 1.807) is 12.1 Å². The quantitative estimate of drug-likeness (QED) is 0.842. The minimum Gasteiger partial charge on any atom is -0.478 e. The first-order valence-corrected chi connectivity index (χ1v) is 7.05. The number of carboxylic acid groups (broad SMARTS) is 1. The molecule has 2 N–H and O–H groups in total. The predicted molar refractivity (Wildman–Crippen MR) is 81.9 cm³/mol. The van der Waals surface area contributed by atoms with E-state index in [9.17, 15) is 9.90 Å². The van der Waals surface area contributed by atoms with Gasteiger partial charge in [-0.2, -0.15) is 0 Å². The van der Waals surface area contributed by atoms with Crippen LogP contribution in [-0.4, -0.2) is 42.7 Å². The van der Waals surface area contributed by atoms with Gasteiger partial charge in [-0.05, 0) is 48.1 Å². The fourth-order valence-corrected chi connectivity index (χ4v) is 2.41. The van der Waals surface area contributed by atoms with Gasteiger partial charge >= 0.3 is 5.97 Å². The number of benzene rings is 1. The normalized spacial score (nSPS) is 12.8. The van der Waals surface area contributed by atoms with E-state index in [2.05, 4.69) is 40.0 Å². The Morgan fingerprint density at radius 1 is 1.42 bits per heavy atom. The minimum absolute atomic E-state index is 0.197. The van der Waals surface area contributed by atoms with Crippen molar-refractivity contribution in [2.45, 2.75) is 19.9 Å². The molecule has 106 valence electrons. The third kappa shape index (κ3) is 4.51. The molecule has 0 aliphatic heterocycles. The number of hydrogen-bond acceptors (Lipinski definition) is 3. The van der Waals surface area contributed by atoms with Crippen LogP contribution in [0.4, 0.5) is 5.69 Å². The summed E-state index contributed by atoms with van der Waals surface area (Å²) in [7, 11) is 4.02. The molecule has 1 atom stereocenters. The number of nitrogens with zero attached hydrogens (tertiary/aromatic N) is 1. The van der Waals surface area contributed by atoms with Gasteiger partial charge in [-0.1, -0.05) is 19.9 Å². The van der Waals surface area contributed by atoms with Crippen LogP contribution in [0.2, 0.25) is 0 Å². The predicted octanol–water partition coefficient (Wildman–Crippen LogP) is 3.15. The first-order chi connectivity index (χ1) is 8.82. The third-order valence-electron chi connectivity index (χ3n) is 2.93. The van der Waals surface area contributed by atoms with Gasteiger partial charge in [0.05, 0.1) is 11.3 Å². The Balaban J connectivity index is 3.02. The molecule has 0 saturated heterocycles. The molecule has 0 heterocycles. The average molecular weight is 329 g/mol. The van der Waals surface area contributed by atoms with E-state index < -0.39 is 5.97 Å². The summed E-state index contributed by atoms with van der Waals surface area (Å²) in [6.07, 6.45) is 0. The van der Waals surface area contributed by atoms with Gasteiger partial charge < -0.3 is 15.3 Å². The number of carboxylic acids is 1. The van der Waals surface area contributed by atoms with Crippen molar-refractivity contribution in [1.29, 1.82) is 0 Å². The van der Waals surface area contributed by atoms with Crippen LogP contribution in [0.25, 0.3) is 0 Å². The highest BCUT2D eigenvalue weighted by Crippen LogP contribution is 2.26. The molecule has 0 aliphatic carbocycles. The maximum atomic E-state index is 11.3. The van der Waals surface area contributed by atoms with E-state index in [0.29, 0.717) is 16.1 Å². The first kappa shape index (κ1) is 16.0. The molecule has 0 spiro atoms. The van der Waals surface area contributed by atoms with E-state index in [0.717, 1.165) is 6.54 Å². The lowest BCUT2D eigenvalue weighted by molar-refractivity contribution is 0.0697. The van der Waals surface area contributed by atoms with Gasteiger partial charge in [-0.15, -0.1) is 0 Å². The number of nitrogens with one attached hydrogen (secondary N) is 1. The molecule has 0 bridgehead atoms. The molecule has 1 aromatic rings. The van der Waals surface area contributed by atoms with E-state index in [1.165, 1.54) is 0 Å². The highest BCUT2D eigenvalue weighted by molar-refractivity contribution is 9.10. The molecule has 0 radical (unpaired) electrons. The lowest BCUT2D eigenvalue weighted by Gasteiger charge is -2.27. The van der Waals surface area contributed by atoms with Gasteiger partial charge in [-0.25, -0.2) is 4.79 Å². The zero-order valence-electron chi connectivity index (χ0n) is 11.8. The summed E-state index contributed by atoms with van der Waals surface area (Å²) in [5.41, 5.74) is 0.939. The molecule has 0 amide bonds. The number of halogens is 1. The van der Waals surface area contributed by atoms with Gasteiger partial charge in [0.25, 0.3) is 0 Å². The molecule has 5 heteroatoms. The molecule has 0 fully saturated rings. The Labute approximate surface area is 122 Å². The Bertz CT molecular complexity index is 447. The molecule has 0 saturated carbocycles. The monoisotopic (exact) mass is 328 g/mol. The van der Waals surface area contributed by atoms with Crippen molar-refractivity contribution < 1.29 is 9.90 Å². The maximum Gasteiger partial charge on any atom is 0.338 e. The Morgan fingerprint density at radius 3 is 2.53 bits per heavy atom. The fraction of sp³-hybridized carbons (Fsp3) is 0.500. The highest BCUT2D eigenvalue weighted by Gasteiger charge is 2.19. The molecule has 0 aromatic heterocycles. The summed E-state index contributed by atoms with van der Waals surface area (Å²) in [5, 5.41) is 12.6. The third-order valence-corrected chi connectivity index (χ3v) is 3.60. The van der Waals surface area contributed by atoms with E-state index in [-0.39, 0.29) is 11.6 Å². The van der Waals surface area contributed by atoms with Crippen molar-refractivity contribution in [3.8, 4) is 0 Å². The molecule has 1 aromatic carbocycles. The molecule has 19 heavy (non-hydrogen) atoms. The molecular formula is C14H21BrN2O2. The number of rotatable bonds is 6. The summed E-state index contributed by atoms with van der Waals surface area (Å²) in [5.74, 6) is -0.523. The summed E-state index contributed by atoms with van der Waals surface area (Å²) < 4.78 is 0.595. The smallest absolute Gasteiger partial charge is 0.338 e. The number of aromatic carboxylic acids is 1. The molecule has 0 aliphatic rings. The average Bonchev–Trinajstić information content (AvgIpc) is 2.26. The zero-order chi connectivity index (χ0) is 14.6. The zero-order valence-corrected chi connectivity index (χ0v) is 13.4. The first-order valence-electron chi connectivity index (χ1n) is 6.26. The van der Waals surface area contributed by atoms with Crippen molar-refractivity contribution in [1.82, 2.24) is 4.90 Å². The van der Waals surface area contributed by atoms with Gasteiger partial charge in [0.2, 0.25) is 0 Å². The molecule has 1 rings (SSSR count). The molecule has 1 unspecified atom stereocenters. The maximum absolute atomic E-state index is 11.3. The van der Waals surface area contributed by atoms with Gasteiger partial charge in [0.15, 0.2) is 0 Å². The van der Waals surface area contributed by atoms with E-state index in [1.807, 2.05) is 20.2 Å². The van der Waals surface area contributed by atoms with E-state index >= 15 is 0 Å². The lowest BCUT2D eigenvalue weighted by atomic mass is 10.0.